The van der Waals surface area contributed by atoms with E-state index < -0.39 is 17.4 Å². The molecule has 1 aromatic rings. The van der Waals surface area contributed by atoms with Crippen LogP contribution in [0, 0.1) is 11.3 Å². The normalized spacial score (nSPS) is 23.1. The third-order valence-electron chi connectivity index (χ3n) is 12.3. The Balaban J connectivity index is 2.34. The molecule has 1 atom stereocenters. The lowest BCUT2D eigenvalue weighted by Crippen LogP contribution is -2.64. The number of piperidine rings is 2. The van der Waals surface area contributed by atoms with Crippen LogP contribution in [-0.4, -0.2) is 75.8 Å². The molecular formula is C42H72N2O5. The van der Waals surface area contributed by atoms with Crippen molar-refractivity contribution in [3.05, 3.63) is 28.8 Å². The summed E-state index contributed by atoms with van der Waals surface area (Å²) in [5.74, 6) is -1.02. The summed E-state index contributed by atoms with van der Waals surface area (Å²) in [4.78, 5) is 35.1. The van der Waals surface area contributed by atoms with Gasteiger partial charge in [-0.25, -0.2) is 0 Å². The maximum atomic E-state index is 15.3. The van der Waals surface area contributed by atoms with E-state index in [9.17, 15) is 9.90 Å². The average Bonchev–Trinajstić information content (AvgIpc) is 2.92. The van der Waals surface area contributed by atoms with Gasteiger partial charge in [0.1, 0.15) is 11.9 Å². The van der Waals surface area contributed by atoms with Crippen molar-refractivity contribution in [2.75, 3.05) is 20.7 Å². The Morgan fingerprint density at radius 3 is 1.55 bits per heavy atom. The molecule has 0 saturated carbocycles. The molecule has 1 N–H and O–H groups in total. The van der Waals surface area contributed by atoms with Gasteiger partial charge in [-0.1, -0.05) is 67.0 Å². The second kappa shape index (κ2) is 13.8. The highest BCUT2D eigenvalue weighted by Crippen LogP contribution is 2.52. The highest BCUT2D eigenvalue weighted by molar-refractivity contribution is 6.01. The van der Waals surface area contributed by atoms with E-state index in [-0.39, 0.29) is 63.8 Å². The molecule has 280 valence electrons. The van der Waals surface area contributed by atoms with E-state index in [1.807, 2.05) is 12.1 Å². The summed E-state index contributed by atoms with van der Waals surface area (Å²) in [6, 6.07) is 4.03. The molecule has 2 heterocycles. The van der Waals surface area contributed by atoms with Crippen LogP contribution < -0.4 is 0 Å². The smallest absolute Gasteiger partial charge is 0.324 e. The molecule has 0 aromatic heterocycles. The highest BCUT2D eigenvalue weighted by Gasteiger charge is 2.60. The van der Waals surface area contributed by atoms with Crippen molar-refractivity contribution in [1.29, 1.82) is 0 Å². The number of ether oxygens (including phenoxy) is 2. The van der Waals surface area contributed by atoms with E-state index in [0.29, 0.717) is 25.7 Å². The third kappa shape index (κ3) is 8.51. The van der Waals surface area contributed by atoms with Crippen LogP contribution >= 0.6 is 0 Å². The summed E-state index contributed by atoms with van der Waals surface area (Å²) >= 11 is 0. The first-order valence-electron chi connectivity index (χ1n) is 18.8. The Hall–Kier alpha value is -2.12. The molecule has 0 amide bonds. The Kier molecular flexibility index (Phi) is 11.6. The van der Waals surface area contributed by atoms with Gasteiger partial charge in [-0.05, 0) is 129 Å². The maximum Gasteiger partial charge on any atom is 0.324 e. The number of rotatable bonds is 9. The molecule has 0 spiro atoms. The van der Waals surface area contributed by atoms with E-state index in [1.54, 1.807) is 0 Å². The average molecular weight is 685 g/mol. The number of hydrogen-bond acceptors (Lipinski definition) is 7. The molecule has 1 aromatic carbocycles. The number of esters is 2. The van der Waals surface area contributed by atoms with Crippen molar-refractivity contribution < 1.29 is 24.2 Å². The number of likely N-dealkylation sites (tertiary alicyclic amines) is 2. The molecule has 1 unspecified atom stereocenters. The minimum absolute atomic E-state index is 0.142. The van der Waals surface area contributed by atoms with E-state index >= 15 is 4.79 Å². The van der Waals surface area contributed by atoms with Crippen LogP contribution in [0.4, 0.5) is 0 Å². The van der Waals surface area contributed by atoms with Gasteiger partial charge in [-0.3, -0.25) is 19.4 Å². The van der Waals surface area contributed by atoms with Crippen molar-refractivity contribution in [2.45, 2.75) is 188 Å². The van der Waals surface area contributed by atoms with Crippen molar-refractivity contribution >= 4 is 11.9 Å². The lowest BCUT2D eigenvalue weighted by Gasteiger charge is -2.57. The summed E-state index contributed by atoms with van der Waals surface area (Å²) in [5, 5.41) is 11.6. The minimum Gasteiger partial charge on any atom is -0.507 e. The number of carbonyl (C=O) groups is 2. The molecule has 0 aliphatic carbocycles. The largest absolute Gasteiger partial charge is 0.507 e. The van der Waals surface area contributed by atoms with Crippen LogP contribution in [0.2, 0.25) is 0 Å². The first-order valence-corrected chi connectivity index (χ1v) is 18.8. The standard InChI is InChI=1S/C42H72N2O5/c1-18-19-20-48-34(46)42(29-24-38(8,9)43(16)39(10,11)25-29,35(47)49-30-26-40(12,13)44(17)41(14,15)27-30)23-28-21-31(36(2,3)4)33(45)32(22-28)37(5,6)7/h21-22,29-30,45H,18-20,23-27H2,1-17H3. The molecule has 2 fully saturated rings. The number of carbonyl (C=O) groups excluding carboxylic acids is 2. The topological polar surface area (TPSA) is 79.3 Å². The molecule has 7 nitrogen and oxygen atoms in total. The first kappa shape index (κ1) is 41.3. The maximum absolute atomic E-state index is 15.3. The second-order valence-corrected chi connectivity index (χ2v) is 20.1. The predicted octanol–water partition coefficient (Wildman–Crippen LogP) is 8.95. The van der Waals surface area contributed by atoms with Gasteiger partial charge in [0.05, 0.1) is 6.61 Å². The van der Waals surface area contributed by atoms with Gasteiger partial charge in [-0.15, -0.1) is 0 Å². The molecule has 7 heteroatoms. The summed E-state index contributed by atoms with van der Waals surface area (Å²) in [6.07, 6.45) is 4.00. The van der Waals surface area contributed by atoms with Crippen LogP contribution in [0.3, 0.4) is 0 Å². The van der Waals surface area contributed by atoms with E-state index in [4.69, 9.17) is 9.47 Å². The summed E-state index contributed by atoms with van der Waals surface area (Å²) in [5.41, 5.74) is -0.843. The lowest BCUT2D eigenvalue weighted by molar-refractivity contribution is -0.191. The molecule has 49 heavy (non-hydrogen) atoms. The van der Waals surface area contributed by atoms with Gasteiger partial charge in [0, 0.05) is 35.0 Å². The van der Waals surface area contributed by atoms with Crippen molar-refractivity contribution in [2.24, 2.45) is 11.3 Å². The molecular weight excluding hydrogens is 612 g/mol. The van der Waals surface area contributed by atoms with E-state index in [0.717, 1.165) is 29.5 Å². The molecule has 2 aliphatic heterocycles. The van der Waals surface area contributed by atoms with Gasteiger partial charge in [0.15, 0.2) is 5.41 Å². The fourth-order valence-electron chi connectivity index (χ4n) is 8.74. The third-order valence-corrected chi connectivity index (χ3v) is 12.3. The Morgan fingerprint density at radius 2 is 1.16 bits per heavy atom. The van der Waals surface area contributed by atoms with Gasteiger partial charge in [0.25, 0.3) is 0 Å². The Labute approximate surface area is 299 Å². The van der Waals surface area contributed by atoms with E-state index in [2.05, 4.69) is 128 Å². The summed E-state index contributed by atoms with van der Waals surface area (Å²) in [7, 11) is 4.28. The lowest BCUT2D eigenvalue weighted by atomic mass is 9.60. The molecule has 2 saturated heterocycles. The van der Waals surface area contributed by atoms with Gasteiger partial charge >= 0.3 is 11.9 Å². The highest BCUT2D eigenvalue weighted by atomic mass is 16.6. The monoisotopic (exact) mass is 685 g/mol. The van der Waals surface area contributed by atoms with Crippen LogP contribution in [0.5, 0.6) is 5.75 Å². The van der Waals surface area contributed by atoms with Crippen LogP contribution in [0.1, 0.15) is 159 Å². The number of nitrogens with zero attached hydrogens (tertiary/aromatic N) is 2. The molecule has 0 radical (unpaired) electrons. The van der Waals surface area contributed by atoms with Gasteiger partial charge < -0.3 is 14.6 Å². The molecule has 2 aliphatic rings. The second-order valence-electron chi connectivity index (χ2n) is 20.1. The van der Waals surface area contributed by atoms with Crippen LogP contribution in [0.15, 0.2) is 12.1 Å². The number of unbranched alkanes of at least 4 members (excludes halogenated alkanes) is 1. The fraction of sp³-hybridized carbons (Fsp3) is 0.810. The summed E-state index contributed by atoms with van der Waals surface area (Å²) in [6.45, 7) is 32.5. The fourth-order valence-corrected chi connectivity index (χ4v) is 8.74. The Bertz CT molecular complexity index is 1290. The zero-order valence-corrected chi connectivity index (χ0v) is 34.4. The Morgan fingerprint density at radius 1 is 0.755 bits per heavy atom. The van der Waals surface area contributed by atoms with Crippen molar-refractivity contribution in [1.82, 2.24) is 9.80 Å². The van der Waals surface area contributed by atoms with Crippen molar-refractivity contribution in [3.63, 3.8) is 0 Å². The molecule has 0 bridgehead atoms. The predicted molar refractivity (Wildman–Crippen MR) is 201 cm³/mol. The SMILES string of the molecule is CCCCOC(=O)C(Cc1cc(C(C)(C)C)c(O)c(C(C)(C)C)c1)(C(=O)OC1CC(C)(C)N(C)C(C)(C)C1)C1CC(C)(C)N(C)C(C)(C)C1. The first-order chi connectivity index (χ1) is 22.0. The van der Waals surface area contributed by atoms with Crippen molar-refractivity contribution in [3.8, 4) is 5.75 Å². The van der Waals surface area contributed by atoms with Crippen LogP contribution in [0.25, 0.3) is 0 Å². The van der Waals surface area contributed by atoms with Crippen LogP contribution in [-0.2, 0) is 36.3 Å². The molecule has 3 rings (SSSR count). The van der Waals surface area contributed by atoms with E-state index in [1.165, 1.54) is 0 Å². The summed E-state index contributed by atoms with van der Waals surface area (Å²) < 4.78 is 12.8. The number of phenolic OH excluding ortho intramolecular Hbond substituents is 1. The number of hydrogen-bond donors (Lipinski definition) is 1. The minimum atomic E-state index is -1.58. The number of benzene rings is 1. The number of phenols is 1. The zero-order valence-electron chi connectivity index (χ0n) is 34.4. The number of aromatic hydroxyl groups is 1. The quantitative estimate of drug-likeness (QED) is 0.158. The zero-order chi connectivity index (χ0) is 37.8. The van der Waals surface area contributed by atoms with Gasteiger partial charge in [-0.2, -0.15) is 0 Å². The van der Waals surface area contributed by atoms with Gasteiger partial charge in [0.2, 0.25) is 0 Å².